The van der Waals surface area contributed by atoms with E-state index in [0.717, 1.165) is 5.56 Å². The molecule has 1 aromatic rings. The number of carboxylic acid groups (broad SMARTS) is 1. The lowest BCUT2D eigenvalue weighted by atomic mass is 10.2. The summed E-state index contributed by atoms with van der Waals surface area (Å²) >= 11 is 0. The zero-order chi connectivity index (χ0) is 18.2. The van der Waals surface area contributed by atoms with Gasteiger partial charge in [-0.1, -0.05) is 30.3 Å². The van der Waals surface area contributed by atoms with Gasteiger partial charge in [-0.2, -0.15) is 0 Å². The van der Waals surface area contributed by atoms with Crippen LogP contribution in [0.5, 0.6) is 0 Å². The van der Waals surface area contributed by atoms with Crippen molar-refractivity contribution in [3.05, 3.63) is 35.9 Å². The van der Waals surface area contributed by atoms with Crippen molar-refractivity contribution in [2.75, 3.05) is 20.3 Å². The molecule has 1 aliphatic heterocycles. The Kier molecular flexibility index (Phi) is 6.76. The number of aliphatic carboxylic acids is 1. The number of amides is 2. The Balaban J connectivity index is 1.92. The molecule has 8 heteroatoms. The van der Waals surface area contributed by atoms with Gasteiger partial charge in [0.2, 0.25) is 5.91 Å². The van der Waals surface area contributed by atoms with Gasteiger partial charge in [-0.3, -0.25) is 9.69 Å². The van der Waals surface area contributed by atoms with Gasteiger partial charge in [-0.25, -0.2) is 9.59 Å². The van der Waals surface area contributed by atoms with E-state index in [1.807, 2.05) is 30.3 Å². The molecule has 1 saturated heterocycles. The van der Waals surface area contributed by atoms with E-state index in [1.165, 1.54) is 12.0 Å². The number of hydrogen-bond acceptors (Lipinski definition) is 5. The highest BCUT2D eigenvalue weighted by Crippen LogP contribution is 2.19. The molecular weight excluding hydrogens is 328 g/mol. The Bertz CT molecular complexity index is 606. The van der Waals surface area contributed by atoms with Gasteiger partial charge in [-0.05, 0) is 18.4 Å². The lowest BCUT2D eigenvalue weighted by molar-refractivity contribution is -0.143. The summed E-state index contributed by atoms with van der Waals surface area (Å²) < 4.78 is 10.0. The predicted octanol–water partition coefficient (Wildman–Crippen LogP) is 1.00. The third kappa shape index (κ3) is 5.18. The number of nitrogens with one attached hydrogen (secondary N) is 1. The smallest absolute Gasteiger partial charge is 0.410 e. The lowest BCUT2D eigenvalue weighted by Gasteiger charge is -2.24. The number of ether oxygens (including phenoxy) is 2. The van der Waals surface area contributed by atoms with Crippen LogP contribution in [-0.2, 0) is 25.7 Å². The summed E-state index contributed by atoms with van der Waals surface area (Å²) in [6.07, 6.45) is 0.534. The van der Waals surface area contributed by atoms with Crippen molar-refractivity contribution in [2.45, 2.75) is 31.5 Å². The number of carboxylic acids is 1. The van der Waals surface area contributed by atoms with Crippen LogP contribution >= 0.6 is 0 Å². The predicted molar refractivity (Wildman–Crippen MR) is 87.8 cm³/mol. The Hall–Kier alpha value is -2.61. The Morgan fingerprint density at radius 2 is 2.04 bits per heavy atom. The van der Waals surface area contributed by atoms with Crippen LogP contribution in [-0.4, -0.2) is 60.3 Å². The second-order valence-electron chi connectivity index (χ2n) is 5.75. The fourth-order valence-electron chi connectivity index (χ4n) is 2.67. The van der Waals surface area contributed by atoms with E-state index in [0.29, 0.717) is 19.4 Å². The van der Waals surface area contributed by atoms with Crippen LogP contribution in [0.15, 0.2) is 30.3 Å². The van der Waals surface area contributed by atoms with Crippen molar-refractivity contribution in [1.82, 2.24) is 10.2 Å². The standard InChI is InChI=1S/C17H22N2O6/c1-24-11-13(16(21)22)18-15(20)14-8-5-9-19(14)17(23)25-10-12-6-3-2-4-7-12/h2-4,6-7,13-14H,5,8-11H2,1H3,(H,18,20)(H,21,22)/t13-,14?/m0/s1. The molecule has 8 nitrogen and oxygen atoms in total. The minimum atomic E-state index is -1.19. The SMILES string of the molecule is COC[C@H](NC(=O)C1CCCN1C(=O)OCc1ccccc1)C(=O)O. The molecule has 0 spiro atoms. The summed E-state index contributed by atoms with van der Waals surface area (Å²) in [6, 6.07) is 7.34. The van der Waals surface area contributed by atoms with Crippen LogP contribution in [0, 0.1) is 0 Å². The molecule has 2 rings (SSSR count). The van der Waals surface area contributed by atoms with Gasteiger partial charge >= 0.3 is 12.1 Å². The Morgan fingerprint density at radius 1 is 1.32 bits per heavy atom. The highest BCUT2D eigenvalue weighted by Gasteiger charge is 2.36. The highest BCUT2D eigenvalue weighted by molar-refractivity contribution is 5.89. The van der Waals surface area contributed by atoms with Gasteiger partial charge < -0.3 is 19.9 Å². The van der Waals surface area contributed by atoms with Crippen LogP contribution in [0.1, 0.15) is 18.4 Å². The van der Waals surface area contributed by atoms with E-state index >= 15 is 0 Å². The van der Waals surface area contributed by atoms with Crippen molar-refractivity contribution in [2.24, 2.45) is 0 Å². The molecule has 0 radical (unpaired) electrons. The molecule has 1 fully saturated rings. The molecule has 1 heterocycles. The van der Waals surface area contributed by atoms with Crippen molar-refractivity contribution in [3.63, 3.8) is 0 Å². The first-order valence-corrected chi connectivity index (χ1v) is 8.02. The summed E-state index contributed by atoms with van der Waals surface area (Å²) in [5.41, 5.74) is 0.849. The Morgan fingerprint density at radius 3 is 2.68 bits per heavy atom. The third-order valence-corrected chi connectivity index (χ3v) is 3.94. The summed E-state index contributed by atoms with van der Waals surface area (Å²) in [6.45, 7) is 0.367. The molecular formula is C17H22N2O6. The van der Waals surface area contributed by atoms with Crippen LogP contribution in [0.25, 0.3) is 0 Å². The first kappa shape index (κ1) is 18.7. The lowest BCUT2D eigenvalue weighted by Crippen LogP contribution is -2.52. The van der Waals surface area contributed by atoms with Gasteiger partial charge in [-0.15, -0.1) is 0 Å². The number of benzene rings is 1. The van der Waals surface area contributed by atoms with Crippen LogP contribution in [0.3, 0.4) is 0 Å². The molecule has 2 amide bonds. The molecule has 2 atom stereocenters. The van der Waals surface area contributed by atoms with E-state index < -0.39 is 30.1 Å². The first-order chi connectivity index (χ1) is 12.0. The average molecular weight is 350 g/mol. The molecule has 1 aromatic carbocycles. The second kappa shape index (κ2) is 9.03. The number of methoxy groups -OCH3 is 1. The van der Waals surface area contributed by atoms with Crippen molar-refractivity contribution in [3.8, 4) is 0 Å². The molecule has 25 heavy (non-hydrogen) atoms. The largest absolute Gasteiger partial charge is 0.480 e. The van der Waals surface area contributed by atoms with E-state index in [1.54, 1.807) is 0 Å². The quantitative estimate of drug-likeness (QED) is 0.760. The first-order valence-electron chi connectivity index (χ1n) is 8.02. The number of rotatable bonds is 7. The molecule has 1 aliphatic rings. The number of nitrogens with zero attached hydrogens (tertiary/aromatic N) is 1. The van der Waals surface area contributed by atoms with E-state index in [9.17, 15) is 14.4 Å². The van der Waals surface area contributed by atoms with Gasteiger partial charge in [0.15, 0.2) is 6.04 Å². The summed E-state index contributed by atoms with van der Waals surface area (Å²) in [5.74, 6) is -1.70. The molecule has 0 aromatic heterocycles. The fourth-order valence-corrected chi connectivity index (χ4v) is 2.67. The summed E-state index contributed by atoms with van der Waals surface area (Å²) in [5, 5.41) is 11.5. The maximum atomic E-state index is 12.3. The number of carbonyl (C=O) groups is 3. The van der Waals surface area contributed by atoms with Crippen molar-refractivity contribution < 1.29 is 29.0 Å². The normalized spacial score (nSPS) is 17.8. The van der Waals surface area contributed by atoms with Crippen LogP contribution in [0.2, 0.25) is 0 Å². The average Bonchev–Trinajstić information content (AvgIpc) is 3.10. The maximum Gasteiger partial charge on any atom is 0.410 e. The molecule has 0 saturated carbocycles. The summed E-state index contributed by atoms with van der Waals surface area (Å²) in [4.78, 5) is 37.1. The fraction of sp³-hybridized carbons (Fsp3) is 0.471. The van der Waals surface area contributed by atoms with Crippen LogP contribution in [0.4, 0.5) is 4.79 Å². The second-order valence-corrected chi connectivity index (χ2v) is 5.75. The van der Waals surface area contributed by atoms with E-state index in [4.69, 9.17) is 14.6 Å². The molecule has 2 N–H and O–H groups in total. The minimum absolute atomic E-state index is 0.117. The van der Waals surface area contributed by atoms with Gasteiger partial charge in [0.25, 0.3) is 0 Å². The van der Waals surface area contributed by atoms with Gasteiger partial charge in [0.05, 0.1) is 6.61 Å². The topological polar surface area (TPSA) is 105 Å². The van der Waals surface area contributed by atoms with E-state index in [2.05, 4.69) is 5.32 Å². The number of carbonyl (C=O) groups excluding carboxylic acids is 2. The monoisotopic (exact) mass is 350 g/mol. The van der Waals surface area contributed by atoms with Gasteiger partial charge in [0.1, 0.15) is 12.6 Å². The zero-order valence-electron chi connectivity index (χ0n) is 14.0. The maximum absolute atomic E-state index is 12.3. The van der Waals surface area contributed by atoms with E-state index in [-0.39, 0.29) is 13.2 Å². The van der Waals surface area contributed by atoms with Crippen LogP contribution < -0.4 is 5.32 Å². The molecule has 0 aliphatic carbocycles. The molecule has 136 valence electrons. The zero-order valence-corrected chi connectivity index (χ0v) is 14.0. The van der Waals surface area contributed by atoms with Crippen molar-refractivity contribution in [1.29, 1.82) is 0 Å². The molecule has 0 bridgehead atoms. The molecule has 1 unspecified atom stereocenters. The number of likely N-dealkylation sites (tertiary alicyclic amines) is 1. The highest BCUT2D eigenvalue weighted by atomic mass is 16.6. The summed E-state index contributed by atoms with van der Waals surface area (Å²) in [7, 11) is 1.35. The van der Waals surface area contributed by atoms with Gasteiger partial charge in [0, 0.05) is 13.7 Å². The Labute approximate surface area is 145 Å². The number of hydrogen-bond donors (Lipinski definition) is 2. The minimum Gasteiger partial charge on any atom is -0.480 e. The third-order valence-electron chi connectivity index (χ3n) is 3.94. The van der Waals surface area contributed by atoms with Crippen molar-refractivity contribution >= 4 is 18.0 Å².